The van der Waals surface area contributed by atoms with Crippen molar-refractivity contribution in [2.24, 2.45) is 5.92 Å². The Labute approximate surface area is 170 Å². The van der Waals surface area contributed by atoms with Crippen molar-refractivity contribution in [1.29, 1.82) is 0 Å². The molecule has 0 saturated heterocycles. The number of aromatic nitrogens is 1. The fourth-order valence-corrected chi connectivity index (χ4v) is 4.51. The van der Waals surface area contributed by atoms with E-state index in [4.69, 9.17) is 11.6 Å². The van der Waals surface area contributed by atoms with E-state index < -0.39 is 6.04 Å². The Morgan fingerprint density at radius 3 is 2.64 bits per heavy atom. The first kappa shape index (κ1) is 19.1. The lowest BCUT2D eigenvalue weighted by atomic mass is 9.87. The van der Waals surface area contributed by atoms with Gasteiger partial charge in [-0.15, -0.1) is 0 Å². The van der Waals surface area contributed by atoms with Crippen LogP contribution in [-0.4, -0.2) is 27.3 Å². The van der Waals surface area contributed by atoms with Crippen LogP contribution >= 0.6 is 11.6 Å². The number of hydrogen-bond donors (Lipinski definition) is 1. The average molecular weight is 400 g/mol. The molecule has 6 heteroatoms. The van der Waals surface area contributed by atoms with Gasteiger partial charge in [-0.25, -0.2) is 0 Å². The zero-order chi connectivity index (χ0) is 19.7. The van der Waals surface area contributed by atoms with Crippen molar-refractivity contribution in [2.45, 2.75) is 57.8 Å². The van der Waals surface area contributed by atoms with Crippen molar-refractivity contribution in [3.05, 3.63) is 58.9 Å². The molecule has 1 aliphatic heterocycles. The number of halogens is 1. The summed E-state index contributed by atoms with van der Waals surface area (Å²) in [7, 11) is 0. The van der Waals surface area contributed by atoms with Crippen molar-refractivity contribution < 1.29 is 9.59 Å². The molecule has 148 valence electrons. The Balaban J connectivity index is 1.59. The first-order chi connectivity index (χ1) is 13.5. The van der Waals surface area contributed by atoms with Crippen molar-refractivity contribution in [3.63, 3.8) is 0 Å². The predicted molar refractivity (Wildman–Crippen MR) is 109 cm³/mol. The van der Waals surface area contributed by atoms with E-state index in [1.54, 1.807) is 4.90 Å². The van der Waals surface area contributed by atoms with Crippen molar-refractivity contribution in [1.82, 2.24) is 14.8 Å². The molecule has 2 aromatic rings. The van der Waals surface area contributed by atoms with Gasteiger partial charge in [-0.2, -0.15) is 0 Å². The number of nitrogens with zero attached hydrogens (tertiary/aromatic N) is 2. The van der Waals surface area contributed by atoms with Gasteiger partial charge in [-0.05, 0) is 55.4 Å². The maximum atomic E-state index is 13.3. The molecule has 1 atom stereocenters. The molecule has 2 amide bonds. The van der Waals surface area contributed by atoms with Crippen LogP contribution in [0.25, 0.3) is 0 Å². The molecular formula is C22H26ClN3O2. The Morgan fingerprint density at radius 2 is 1.89 bits per heavy atom. The van der Waals surface area contributed by atoms with Crippen LogP contribution in [0.1, 0.15) is 49.9 Å². The summed E-state index contributed by atoms with van der Waals surface area (Å²) in [5.41, 5.74) is 1.70. The maximum absolute atomic E-state index is 13.3. The highest BCUT2D eigenvalue weighted by molar-refractivity contribution is 6.31. The van der Waals surface area contributed by atoms with Crippen molar-refractivity contribution >= 4 is 23.4 Å². The van der Waals surface area contributed by atoms with Gasteiger partial charge in [0.05, 0.1) is 5.69 Å². The minimum Gasteiger partial charge on any atom is -0.351 e. The number of hydrogen-bond acceptors (Lipinski definition) is 2. The van der Waals surface area contributed by atoms with Crippen molar-refractivity contribution in [2.75, 3.05) is 0 Å². The molecule has 28 heavy (non-hydrogen) atoms. The Morgan fingerprint density at radius 1 is 1.14 bits per heavy atom. The highest BCUT2D eigenvalue weighted by Gasteiger charge is 2.38. The summed E-state index contributed by atoms with van der Waals surface area (Å²) in [5.74, 6) is 0.555. The first-order valence-electron chi connectivity index (χ1n) is 10.0. The molecule has 1 aromatic heterocycles. The lowest BCUT2D eigenvalue weighted by molar-refractivity contribution is -0.144. The summed E-state index contributed by atoms with van der Waals surface area (Å²) >= 11 is 6.32. The lowest BCUT2D eigenvalue weighted by Crippen LogP contribution is -2.50. The van der Waals surface area contributed by atoms with Crippen LogP contribution < -0.4 is 5.32 Å². The molecular weight excluding hydrogens is 374 g/mol. The summed E-state index contributed by atoms with van der Waals surface area (Å²) in [5, 5.41) is 3.82. The van der Waals surface area contributed by atoms with E-state index in [1.165, 1.54) is 0 Å². The largest absolute Gasteiger partial charge is 0.351 e. The third kappa shape index (κ3) is 3.81. The van der Waals surface area contributed by atoms with E-state index in [0.717, 1.165) is 42.9 Å². The van der Waals surface area contributed by atoms with E-state index in [0.29, 0.717) is 11.6 Å². The fourth-order valence-electron chi connectivity index (χ4n) is 4.31. The minimum absolute atomic E-state index is 0.0685. The summed E-state index contributed by atoms with van der Waals surface area (Å²) in [6, 6.07) is 10.9. The monoisotopic (exact) mass is 399 g/mol. The van der Waals surface area contributed by atoms with Gasteiger partial charge in [0, 0.05) is 23.8 Å². The molecule has 5 nitrogen and oxygen atoms in total. The molecule has 1 fully saturated rings. The topological polar surface area (TPSA) is 54.3 Å². The normalized spacial score (nSPS) is 24.7. The van der Waals surface area contributed by atoms with Crippen LogP contribution in [0.2, 0.25) is 5.02 Å². The van der Waals surface area contributed by atoms with E-state index in [2.05, 4.69) is 12.2 Å². The van der Waals surface area contributed by atoms with Crippen LogP contribution in [0.4, 0.5) is 0 Å². The third-order valence-electron chi connectivity index (χ3n) is 5.99. The minimum atomic E-state index is -0.633. The summed E-state index contributed by atoms with van der Waals surface area (Å²) in [6.07, 6.45) is 6.13. The fraction of sp³-hybridized carbons (Fsp3) is 0.455. The molecule has 1 aliphatic carbocycles. The van der Waals surface area contributed by atoms with E-state index in [9.17, 15) is 9.59 Å². The second-order valence-corrected chi connectivity index (χ2v) is 8.45. The van der Waals surface area contributed by atoms with Crippen LogP contribution in [0.15, 0.2) is 42.6 Å². The van der Waals surface area contributed by atoms with Gasteiger partial charge < -0.3 is 14.8 Å². The number of fused-ring (bicyclic) bond motifs is 1. The van der Waals surface area contributed by atoms with Crippen molar-refractivity contribution in [3.8, 4) is 0 Å². The molecule has 2 aliphatic rings. The van der Waals surface area contributed by atoms with Crippen LogP contribution in [-0.2, 0) is 22.7 Å². The molecule has 4 rings (SSSR count). The zero-order valence-corrected chi connectivity index (χ0v) is 16.9. The van der Waals surface area contributed by atoms with Crippen LogP contribution in [0, 0.1) is 5.92 Å². The Bertz CT molecular complexity index is 870. The van der Waals surface area contributed by atoms with E-state index >= 15 is 0 Å². The average Bonchev–Trinajstić information content (AvgIpc) is 3.13. The molecule has 1 saturated carbocycles. The molecule has 2 heterocycles. The first-order valence-corrected chi connectivity index (χ1v) is 10.4. The summed E-state index contributed by atoms with van der Waals surface area (Å²) < 4.78 is 1.87. The Kier molecular flexibility index (Phi) is 5.44. The van der Waals surface area contributed by atoms with Crippen LogP contribution in [0.5, 0.6) is 0 Å². The number of nitrogens with one attached hydrogen (secondary N) is 1. The highest BCUT2D eigenvalue weighted by atomic mass is 35.5. The highest BCUT2D eigenvalue weighted by Crippen LogP contribution is 2.31. The smallest absolute Gasteiger partial charge is 0.249 e. The van der Waals surface area contributed by atoms with Gasteiger partial charge in [-0.1, -0.05) is 36.7 Å². The molecule has 0 spiro atoms. The van der Waals surface area contributed by atoms with Gasteiger partial charge in [0.25, 0.3) is 0 Å². The summed E-state index contributed by atoms with van der Waals surface area (Å²) in [4.78, 5) is 27.9. The lowest BCUT2D eigenvalue weighted by Gasteiger charge is -2.37. The quantitative estimate of drug-likeness (QED) is 0.847. The number of benzene rings is 1. The molecule has 0 unspecified atom stereocenters. The summed E-state index contributed by atoms with van der Waals surface area (Å²) in [6.45, 7) is 2.83. The second kappa shape index (κ2) is 8.00. The van der Waals surface area contributed by atoms with E-state index in [-0.39, 0.29) is 24.4 Å². The second-order valence-electron chi connectivity index (χ2n) is 8.04. The molecule has 1 N–H and O–H groups in total. The SMILES string of the molecule is CC1CCC(NC(=O)[C@@H]2c3cccn3CC(=O)N2Cc2ccccc2Cl)CC1. The van der Waals surface area contributed by atoms with E-state index in [1.807, 2.05) is 47.2 Å². The third-order valence-corrected chi connectivity index (χ3v) is 6.36. The predicted octanol–water partition coefficient (Wildman–Crippen LogP) is 3.92. The molecule has 0 bridgehead atoms. The number of rotatable bonds is 4. The number of carbonyl (C=O) groups is 2. The molecule has 1 aromatic carbocycles. The Hall–Kier alpha value is -2.27. The van der Waals surface area contributed by atoms with Crippen LogP contribution in [0.3, 0.4) is 0 Å². The maximum Gasteiger partial charge on any atom is 0.249 e. The van der Waals surface area contributed by atoms with Gasteiger partial charge in [0.2, 0.25) is 11.8 Å². The standard InChI is InChI=1S/C22H26ClN3O2/c1-15-8-10-17(11-9-15)24-22(28)21-19-7-4-12-25(19)14-20(27)26(21)13-16-5-2-3-6-18(16)23/h2-7,12,15,17,21H,8-11,13-14H2,1H3,(H,24,28)/t15?,17?,21-/m0/s1. The molecule has 0 radical (unpaired) electrons. The van der Waals surface area contributed by atoms with Gasteiger partial charge in [-0.3, -0.25) is 9.59 Å². The number of amides is 2. The van der Waals surface area contributed by atoms with Gasteiger partial charge in [0.15, 0.2) is 6.04 Å². The van der Waals surface area contributed by atoms with Gasteiger partial charge >= 0.3 is 0 Å². The van der Waals surface area contributed by atoms with Gasteiger partial charge in [0.1, 0.15) is 6.54 Å². The zero-order valence-electron chi connectivity index (χ0n) is 16.1. The number of carbonyl (C=O) groups excluding carboxylic acids is 2.